The van der Waals surface area contributed by atoms with Crippen molar-refractivity contribution in [1.82, 2.24) is 10.1 Å². The smallest absolute Gasteiger partial charge is 0.261 e. The third-order valence-electron chi connectivity index (χ3n) is 3.02. The van der Waals surface area contributed by atoms with Crippen molar-refractivity contribution in [2.75, 3.05) is 12.3 Å². The average molecular weight is 265 g/mol. The zero-order valence-electron chi connectivity index (χ0n) is 10.1. The molecular weight excluding hydrogens is 250 g/mol. The topological polar surface area (TPSA) is 74.2 Å². The zero-order valence-corrected chi connectivity index (χ0v) is 10.9. The van der Waals surface area contributed by atoms with Crippen LogP contribution in [0.3, 0.4) is 0 Å². The molecule has 1 saturated carbocycles. The van der Waals surface area contributed by atoms with Crippen molar-refractivity contribution in [3.05, 3.63) is 17.3 Å². The van der Waals surface area contributed by atoms with E-state index in [0.717, 1.165) is 5.56 Å². The second kappa shape index (κ2) is 4.70. The lowest BCUT2D eigenvalue weighted by Crippen LogP contribution is -2.08. The third kappa shape index (κ3) is 2.13. The average Bonchev–Trinajstić information content (AvgIpc) is 2.93. The van der Waals surface area contributed by atoms with Crippen LogP contribution in [0.1, 0.15) is 31.7 Å². The summed E-state index contributed by atoms with van der Waals surface area (Å²) < 4.78 is 11.0. The molecule has 0 spiro atoms. The maximum absolute atomic E-state index is 5.85. The van der Waals surface area contributed by atoms with Crippen molar-refractivity contribution in [3.8, 4) is 11.5 Å². The molecule has 5 nitrogen and oxygen atoms in total. The Bertz CT molecular complexity index is 533. The van der Waals surface area contributed by atoms with E-state index in [9.17, 15) is 0 Å². The molecule has 1 atom stereocenters. The number of hydrogen-bond donors (Lipinski definition) is 1. The summed E-state index contributed by atoms with van der Waals surface area (Å²) in [6.45, 7) is 2.64. The highest BCUT2D eigenvalue weighted by atomic mass is 32.1. The van der Waals surface area contributed by atoms with Gasteiger partial charge in [0.05, 0.1) is 10.6 Å². The molecule has 0 amide bonds. The van der Waals surface area contributed by atoms with Crippen LogP contribution in [0, 0.1) is 5.92 Å². The van der Waals surface area contributed by atoms with Crippen LogP contribution in [0.15, 0.2) is 16.0 Å². The van der Waals surface area contributed by atoms with Crippen LogP contribution in [-0.4, -0.2) is 16.7 Å². The lowest BCUT2D eigenvalue weighted by atomic mass is 10.2. The van der Waals surface area contributed by atoms with Crippen molar-refractivity contribution in [3.63, 3.8) is 0 Å². The van der Waals surface area contributed by atoms with Crippen molar-refractivity contribution in [2.24, 2.45) is 5.92 Å². The lowest BCUT2D eigenvalue weighted by Gasteiger charge is -2.10. The minimum atomic E-state index is -0.0349. The van der Waals surface area contributed by atoms with Crippen LogP contribution in [0.5, 0.6) is 0 Å². The van der Waals surface area contributed by atoms with E-state index in [1.54, 1.807) is 0 Å². The molecule has 0 bridgehead atoms. The second-order valence-corrected chi connectivity index (χ2v) is 5.32. The van der Waals surface area contributed by atoms with Gasteiger partial charge in [0.15, 0.2) is 0 Å². The molecule has 1 fully saturated rings. The van der Waals surface area contributed by atoms with Crippen LogP contribution in [0.2, 0.25) is 0 Å². The summed E-state index contributed by atoms with van der Waals surface area (Å²) in [4.78, 5) is 4.42. The van der Waals surface area contributed by atoms with Gasteiger partial charge in [0.25, 0.3) is 5.89 Å². The Morgan fingerprint density at radius 1 is 1.61 bits per heavy atom. The quantitative estimate of drug-likeness (QED) is 0.899. The van der Waals surface area contributed by atoms with E-state index in [-0.39, 0.29) is 6.10 Å². The standard InChI is InChI=1S/C12H15N3O2S/c1-2-16-9(7-3-4-7)11-14-12(17-15-11)8-5-6-18-10(8)13/h5-7,9H,2-4,13H2,1H3. The summed E-state index contributed by atoms with van der Waals surface area (Å²) in [5.41, 5.74) is 6.66. The minimum absolute atomic E-state index is 0.0349. The highest BCUT2D eigenvalue weighted by molar-refractivity contribution is 7.14. The molecule has 2 aromatic rings. The van der Waals surface area contributed by atoms with E-state index >= 15 is 0 Å². The molecule has 96 valence electrons. The van der Waals surface area contributed by atoms with Gasteiger partial charge in [-0.15, -0.1) is 11.3 Å². The van der Waals surface area contributed by atoms with Crippen molar-refractivity contribution < 1.29 is 9.26 Å². The normalized spacial score (nSPS) is 16.9. The van der Waals surface area contributed by atoms with Gasteiger partial charge in [-0.25, -0.2) is 0 Å². The molecule has 2 N–H and O–H groups in total. The van der Waals surface area contributed by atoms with Crippen molar-refractivity contribution in [1.29, 1.82) is 0 Å². The number of hydrogen-bond acceptors (Lipinski definition) is 6. The minimum Gasteiger partial charge on any atom is -0.390 e. The van der Waals surface area contributed by atoms with E-state index in [1.165, 1.54) is 24.2 Å². The highest BCUT2D eigenvalue weighted by Crippen LogP contribution is 2.43. The van der Waals surface area contributed by atoms with E-state index in [1.807, 2.05) is 18.4 Å². The Morgan fingerprint density at radius 3 is 3.06 bits per heavy atom. The summed E-state index contributed by atoms with van der Waals surface area (Å²) in [7, 11) is 0. The molecule has 2 heterocycles. The molecule has 1 aliphatic rings. The lowest BCUT2D eigenvalue weighted by molar-refractivity contribution is 0.0385. The number of nitrogen functional groups attached to an aromatic ring is 1. The number of aromatic nitrogens is 2. The Labute approximate surface area is 109 Å². The molecule has 0 aliphatic heterocycles. The van der Waals surface area contributed by atoms with Crippen molar-refractivity contribution >= 4 is 16.3 Å². The fraction of sp³-hybridized carbons (Fsp3) is 0.500. The van der Waals surface area contributed by atoms with Gasteiger partial charge in [-0.05, 0) is 37.1 Å². The molecule has 18 heavy (non-hydrogen) atoms. The van der Waals surface area contributed by atoms with E-state index in [4.69, 9.17) is 15.0 Å². The van der Waals surface area contributed by atoms with Gasteiger partial charge >= 0.3 is 0 Å². The van der Waals surface area contributed by atoms with E-state index in [0.29, 0.717) is 29.2 Å². The van der Waals surface area contributed by atoms with E-state index < -0.39 is 0 Å². The molecule has 6 heteroatoms. The largest absolute Gasteiger partial charge is 0.390 e. The number of nitrogens with zero attached hydrogens (tertiary/aromatic N) is 2. The van der Waals surface area contributed by atoms with Gasteiger partial charge in [0.1, 0.15) is 6.10 Å². The van der Waals surface area contributed by atoms with Gasteiger partial charge in [-0.1, -0.05) is 5.16 Å². The van der Waals surface area contributed by atoms with Gasteiger partial charge in [0.2, 0.25) is 5.82 Å². The Balaban J connectivity index is 1.86. The number of ether oxygens (including phenoxy) is 1. The van der Waals surface area contributed by atoms with E-state index in [2.05, 4.69) is 10.1 Å². The van der Waals surface area contributed by atoms with Crippen molar-refractivity contribution in [2.45, 2.75) is 25.9 Å². The Morgan fingerprint density at radius 2 is 2.44 bits per heavy atom. The molecular formula is C12H15N3O2S. The van der Waals surface area contributed by atoms with Gasteiger partial charge in [0, 0.05) is 6.61 Å². The van der Waals surface area contributed by atoms with Crippen LogP contribution in [0.4, 0.5) is 5.00 Å². The fourth-order valence-electron chi connectivity index (χ4n) is 1.96. The molecule has 0 aromatic carbocycles. The molecule has 0 radical (unpaired) electrons. The first-order valence-electron chi connectivity index (χ1n) is 6.08. The monoisotopic (exact) mass is 265 g/mol. The number of thiophene rings is 1. The number of anilines is 1. The first-order valence-corrected chi connectivity index (χ1v) is 6.96. The second-order valence-electron chi connectivity index (χ2n) is 4.37. The molecule has 1 unspecified atom stereocenters. The molecule has 1 aliphatic carbocycles. The number of rotatable bonds is 5. The SMILES string of the molecule is CCOC(c1noc(-c2ccsc2N)n1)C1CC1. The predicted octanol–water partition coefficient (Wildman–Crippen LogP) is 2.87. The summed E-state index contributed by atoms with van der Waals surface area (Å²) in [5, 5.41) is 6.64. The summed E-state index contributed by atoms with van der Waals surface area (Å²) in [6.07, 6.45) is 2.32. The third-order valence-corrected chi connectivity index (χ3v) is 3.76. The Kier molecular flexibility index (Phi) is 3.05. The van der Waals surface area contributed by atoms with Crippen LogP contribution in [0.25, 0.3) is 11.5 Å². The van der Waals surface area contributed by atoms with Crippen LogP contribution in [-0.2, 0) is 4.74 Å². The summed E-state index contributed by atoms with van der Waals surface area (Å²) in [5.74, 6) is 1.66. The maximum atomic E-state index is 5.85. The van der Waals surface area contributed by atoms with Gasteiger partial charge in [-0.3, -0.25) is 0 Å². The fourth-order valence-corrected chi connectivity index (χ4v) is 2.59. The first-order chi connectivity index (χ1) is 8.79. The van der Waals surface area contributed by atoms with Crippen LogP contribution >= 0.6 is 11.3 Å². The maximum Gasteiger partial charge on any atom is 0.261 e. The van der Waals surface area contributed by atoms with Gasteiger partial charge < -0.3 is 15.0 Å². The van der Waals surface area contributed by atoms with Crippen LogP contribution < -0.4 is 5.73 Å². The summed E-state index contributed by atoms with van der Waals surface area (Å²) >= 11 is 1.46. The molecule has 3 rings (SSSR count). The highest BCUT2D eigenvalue weighted by Gasteiger charge is 2.36. The molecule has 0 saturated heterocycles. The number of nitrogens with two attached hydrogens (primary N) is 1. The Hall–Kier alpha value is -1.40. The van der Waals surface area contributed by atoms with Gasteiger partial charge in [-0.2, -0.15) is 4.98 Å². The predicted molar refractivity (Wildman–Crippen MR) is 69.1 cm³/mol. The molecule has 2 aromatic heterocycles. The zero-order chi connectivity index (χ0) is 12.5. The first kappa shape index (κ1) is 11.7. The summed E-state index contributed by atoms with van der Waals surface area (Å²) in [6, 6.07) is 1.89.